The molecule has 0 unspecified atom stereocenters. The van der Waals surface area contributed by atoms with Crippen LogP contribution >= 0.6 is 11.8 Å². The molecule has 1 N–H and O–H groups in total. The third-order valence-electron chi connectivity index (χ3n) is 5.02. The van der Waals surface area contributed by atoms with Gasteiger partial charge in [-0.1, -0.05) is 12.1 Å². The number of ether oxygens (including phenoxy) is 1. The highest BCUT2D eigenvalue weighted by Gasteiger charge is 2.24. The third-order valence-corrected chi connectivity index (χ3v) is 7.68. The van der Waals surface area contributed by atoms with Crippen LogP contribution in [0.3, 0.4) is 0 Å². The lowest BCUT2D eigenvalue weighted by molar-refractivity contribution is 0.0527. The van der Waals surface area contributed by atoms with Gasteiger partial charge in [-0.15, -0.1) is 11.8 Å². The normalized spacial score (nSPS) is 11.0. The van der Waals surface area contributed by atoms with E-state index in [0.29, 0.717) is 16.9 Å². The van der Waals surface area contributed by atoms with Crippen LogP contribution < -0.4 is 9.62 Å². The zero-order valence-corrected chi connectivity index (χ0v) is 20.8. The van der Waals surface area contributed by atoms with E-state index in [-0.39, 0.29) is 23.6 Å². The first-order chi connectivity index (χ1) is 16.3. The quantitative estimate of drug-likeness (QED) is 0.328. The molecule has 34 heavy (non-hydrogen) atoms. The minimum Gasteiger partial charge on any atom is -0.462 e. The second-order valence-electron chi connectivity index (χ2n) is 7.11. The molecule has 0 aliphatic rings. The fourth-order valence-corrected chi connectivity index (χ4v) is 5.20. The molecule has 0 spiro atoms. The molecule has 0 atom stereocenters. The summed E-state index contributed by atoms with van der Waals surface area (Å²) >= 11 is 1.54. The van der Waals surface area contributed by atoms with Crippen molar-refractivity contribution in [1.29, 1.82) is 0 Å². The van der Waals surface area contributed by atoms with Gasteiger partial charge in [-0.05, 0) is 80.8 Å². The molecule has 3 aromatic carbocycles. The van der Waals surface area contributed by atoms with Gasteiger partial charge in [0.15, 0.2) is 0 Å². The Kier molecular flexibility index (Phi) is 8.36. The molecule has 7 nitrogen and oxygen atoms in total. The molecule has 0 heterocycles. The highest BCUT2D eigenvalue weighted by molar-refractivity contribution is 7.98. The van der Waals surface area contributed by atoms with Crippen molar-refractivity contribution in [3.8, 4) is 0 Å². The van der Waals surface area contributed by atoms with Gasteiger partial charge in [0.1, 0.15) is 0 Å². The van der Waals surface area contributed by atoms with E-state index in [4.69, 9.17) is 4.74 Å². The molecule has 1 amide bonds. The van der Waals surface area contributed by atoms with E-state index in [0.717, 1.165) is 4.90 Å². The number of carbonyl (C=O) groups is 2. The van der Waals surface area contributed by atoms with E-state index in [9.17, 15) is 18.0 Å². The summed E-state index contributed by atoms with van der Waals surface area (Å²) in [5, 5.41) is 2.72. The third kappa shape index (κ3) is 5.60. The number of nitrogens with zero attached hydrogens (tertiary/aromatic N) is 1. The van der Waals surface area contributed by atoms with Gasteiger partial charge in [0, 0.05) is 17.0 Å². The van der Waals surface area contributed by atoms with Crippen molar-refractivity contribution < 1.29 is 22.7 Å². The summed E-state index contributed by atoms with van der Waals surface area (Å²) in [7, 11) is -3.76. The first-order valence-electron chi connectivity index (χ1n) is 10.7. The van der Waals surface area contributed by atoms with Crippen molar-refractivity contribution in [2.24, 2.45) is 0 Å². The van der Waals surface area contributed by atoms with Crippen LogP contribution in [0, 0.1) is 0 Å². The lowest BCUT2D eigenvalue weighted by Crippen LogP contribution is -2.30. The van der Waals surface area contributed by atoms with Gasteiger partial charge in [-0.2, -0.15) is 0 Å². The lowest BCUT2D eigenvalue weighted by atomic mass is 10.1. The van der Waals surface area contributed by atoms with Crippen LogP contribution in [-0.4, -0.2) is 39.7 Å². The molecule has 0 aliphatic heterocycles. The molecule has 9 heteroatoms. The number of carbonyl (C=O) groups excluding carboxylic acids is 2. The summed E-state index contributed by atoms with van der Waals surface area (Å²) in [4.78, 5) is 26.1. The molecule has 0 saturated heterocycles. The number of para-hydroxylation sites is 1. The second kappa shape index (κ2) is 11.2. The predicted octanol–water partition coefficient (Wildman–Crippen LogP) is 5.05. The van der Waals surface area contributed by atoms with Gasteiger partial charge in [-0.25, -0.2) is 13.2 Å². The van der Waals surface area contributed by atoms with E-state index >= 15 is 0 Å². The monoisotopic (exact) mass is 498 g/mol. The van der Waals surface area contributed by atoms with Crippen LogP contribution in [0.1, 0.15) is 34.6 Å². The number of sulfonamides is 1. The fourth-order valence-electron chi connectivity index (χ4n) is 3.32. The van der Waals surface area contributed by atoms with Crippen LogP contribution in [0.5, 0.6) is 0 Å². The lowest BCUT2D eigenvalue weighted by Gasteiger charge is -2.23. The van der Waals surface area contributed by atoms with Crippen LogP contribution in [-0.2, 0) is 14.8 Å². The van der Waals surface area contributed by atoms with Crippen molar-refractivity contribution in [2.75, 3.05) is 29.0 Å². The number of rotatable bonds is 9. The number of esters is 1. The predicted molar refractivity (Wildman–Crippen MR) is 135 cm³/mol. The Balaban J connectivity index is 1.81. The Bertz CT molecular complexity index is 1260. The number of amides is 1. The number of hydrogen-bond donors (Lipinski definition) is 1. The highest BCUT2D eigenvalue weighted by atomic mass is 32.2. The molecule has 178 valence electrons. The molecule has 0 fully saturated rings. The van der Waals surface area contributed by atoms with E-state index in [1.165, 1.54) is 16.1 Å². The standard InChI is InChI=1S/C25H26N2O5S2/c1-4-27(34(30,31)21-16-14-20(33-3)15-17-21)19-12-10-18(11-13-19)24(28)26-23-9-7-6-8-22(23)25(29)32-5-2/h6-17H,4-5H2,1-3H3,(H,26,28). The Morgan fingerprint density at radius 3 is 2.18 bits per heavy atom. The summed E-state index contributed by atoms with van der Waals surface area (Å²) in [6, 6.07) is 19.6. The number of benzene rings is 3. The summed E-state index contributed by atoms with van der Waals surface area (Å²) in [5.41, 5.74) is 1.35. The van der Waals surface area contributed by atoms with Crippen molar-refractivity contribution in [2.45, 2.75) is 23.6 Å². The van der Waals surface area contributed by atoms with Gasteiger partial charge in [0.2, 0.25) is 0 Å². The fraction of sp³-hybridized carbons (Fsp3) is 0.200. The molecular formula is C25H26N2O5S2. The molecule has 0 aromatic heterocycles. The summed E-state index contributed by atoms with van der Waals surface area (Å²) in [6.07, 6.45) is 1.93. The van der Waals surface area contributed by atoms with Crippen LogP contribution in [0.4, 0.5) is 11.4 Å². The van der Waals surface area contributed by atoms with Gasteiger partial charge in [0.05, 0.1) is 28.4 Å². The van der Waals surface area contributed by atoms with Crippen molar-refractivity contribution in [3.05, 3.63) is 83.9 Å². The Labute approximate surface area is 204 Å². The maximum absolute atomic E-state index is 13.2. The van der Waals surface area contributed by atoms with E-state index in [2.05, 4.69) is 5.32 Å². The largest absolute Gasteiger partial charge is 0.462 e. The van der Waals surface area contributed by atoms with E-state index in [1.54, 1.807) is 86.6 Å². The molecule has 0 saturated carbocycles. The SMILES string of the molecule is CCOC(=O)c1ccccc1NC(=O)c1ccc(N(CC)S(=O)(=O)c2ccc(SC)cc2)cc1. The maximum Gasteiger partial charge on any atom is 0.340 e. The first kappa shape index (κ1) is 25.3. The van der Waals surface area contributed by atoms with Gasteiger partial charge >= 0.3 is 5.97 Å². The number of thioether (sulfide) groups is 1. The summed E-state index contributed by atoms with van der Waals surface area (Å²) < 4.78 is 32.7. The van der Waals surface area contributed by atoms with Crippen LogP contribution in [0.15, 0.2) is 82.6 Å². The molecule has 0 bridgehead atoms. The van der Waals surface area contributed by atoms with Gasteiger partial charge in [0.25, 0.3) is 15.9 Å². The number of anilines is 2. The molecule has 0 aliphatic carbocycles. The molecule has 0 radical (unpaired) electrons. The van der Waals surface area contributed by atoms with Gasteiger partial charge in [-0.3, -0.25) is 9.10 Å². The van der Waals surface area contributed by atoms with Crippen LogP contribution in [0.2, 0.25) is 0 Å². The molecule has 3 rings (SSSR count). The zero-order chi connectivity index (χ0) is 24.7. The van der Waals surface area contributed by atoms with E-state index < -0.39 is 21.9 Å². The molecule has 3 aromatic rings. The second-order valence-corrected chi connectivity index (χ2v) is 9.85. The summed E-state index contributed by atoms with van der Waals surface area (Å²) in [5.74, 6) is -0.954. The Hall–Kier alpha value is -3.30. The smallest absolute Gasteiger partial charge is 0.340 e. The van der Waals surface area contributed by atoms with Gasteiger partial charge < -0.3 is 10.1 Å². The average molecular weight is 499 g/mol. The zero-order valence-electron chi connectivity index (χ0n) is 19.1. The Morgan fingerprint density at radius 2 is 1.59 bits per heavy atom. The van der Waals surface area contributed by atoms with Crippen molar-refractivity contribution in [1.82, 2.24) is 0 Å². The van der Waals surface area contributed by atoms with Crippen molar-refractivity contribution in [3.63, 3.8) is 0 Å². The average Bonchev–Trinajstić information content (AvgIpc) is 2.85. The van der Waals surface area contributed by atoms with E-state index in [1.807, 2.05) is 6.26 Å². The minimum absolute atomic E-state index is 0.199. The van der Waals surface area contributed by atoms with Crippen LogP contribution in [0.25, 0.3) is 0 Å². The number of nitrogens with one attached hydrogen (secondary N) is 1. The minimum atomic E-state index is -3.76. The first-order valence-corrected chi connectivity index (χ1v) is 13.3. The Morgan fingerprint density at radius 1 is 0.941 bits per heavy atom. The number of hydrogen-bond acceptors (Lipinski definition) is 6. The van der Waals surface area contributed by atoms with Crippen molar-refractivity contribution >= 4 is 45.0 Å². The molecular weight excluding hydrogens is 472 g/mol. The topological polar surface area (TPSA) is 92.8 Å². The maximum atomic E-state index is 13.2. The highest BCUT2D eigenvalue weighted by Crippen LogP contribution is 2.26. The summed E-state index contributed by atoms with van der Waals surface area (Å²) in [6.45, 7) is 3.91.